The fraction of sp³-hybridized carbons (Fsp3) is 0.471. The molecule has 0 unspecified atom stereocenters. The maximum Gasteiger partial charge on any atom is 0.274 e. The molecule has 1 aromatic heterocycles. The second-order valence-electron chi connectivity index (χ2n) is 6.76. The van der Waals surface area contributed by atoms with Crippen molar-refractivity contribution in [3.63, 3.8) is 0 Å². The van der Waals surface area contributed by atoms with Gasteiger partial charge < -0.3 is 9.88 Å². The van der Waals surface area contributed by atoms with Crippen molar-refractivity contribution < 1.29 is 9.72 Å². The number of nitrogens with one attached hydrogen (secondary N) is 1. The molecule has 0 radical (unpaired) electrons. The van der Waals surface area contributed by atoms with E-state index < -0.39 is 4.92 Å². The van der Waals surface area contributed by atoms with Gasteiger partial charge in [0.1, 0.15) is 5.82 Å². The van der Waals surface area contributed by atoms with Crippen LogP contribution in [0.3, 0.4) is 0 Å². The average Bonchev–Trinajstić information content (AvgIpc) is 3.53. The van der Waals surface area contributed by atoms with E-state index in [1.165, 1.54) is 30.7 Å². The van der Waals surface area contributed by atoms with E-state index in [1.807, 2.05) is 0 Å². The predicted molar refractivity (Wildman–Crippen MR) is 97.5 cm³/mol. The summed E-state index contributed by atoms with van der Waals surface area (Å²) in [5.74, 6) is 1.57. The molecule has 26 heavy (non-hydrogen) atoms. The molecule has 2 saturated carbocycles. The van der Waals surface area contributed by atoms with Crippen molar-refractivity contribution >= 4 is 29.0 Å². The molecule has 2 aliphatic carbocycles. The van der Waals surface area contributed by atoms with Crippen LogP contribution >= 0.6 is 11.8 Å². The number of nitrogens with zero attached hydrogens (tertiary/aromatic N) is 4. The third-order valence-corrected chi connectivity index (χ3v) is 5.60. The van der Waals surface area contributed by atoms with Gasteiger partial charge in [0, 0.05) is 18.0 Å². The molecule has 1 amide bonds. The molecule has 1 aromatic carbocycles. The Kier molecular flexibility index (Phi) is 4.39. The zero-order valence-electron chi connectivity index (χ0n) is 14.3. The Hall–Kier alpha value is -2.42. The summed E-state index contributed by atoms with van der Waals surface area (Å²) >= 11 is 1.37. The van der Waals surface area contributed by atoms with Gasteiger partial charge in [-0.25, -0.2) is 0 Å². The van der Waals surface area contributed by atoms with E-state index in [9.17, 15) is 14.9 Å². The van der Waals surface area contributed by atoms with Crippen molar-refractivity contribution in [1.29, 1.82) is 0 Å². The Balaban J connectivity index is 1.42. The molecule has 2 aromatic rings. The SMILES string of the molecule is Cc1c(NC(=O)CSc2nnc(C3CC3)n2C2CC2)cccc1[N+](=O)[O-]. The molecule has 0 aliphatic heterocycles. The molecule has 136 valence electrons. The summed E-state index contributed by atoms with van der Waals surface area (Å²) in [6, 6.07) is 5.14. The van der Waals surface area contributed by atoms with Gasteiger partial charge in [-0.1, -0.05) is 17.8 Å². The number of benzene rings is 1. The van der Waals surface area contributed by atoms with E-state index in [-0.39, 0.29) is 17.3 Å². The molecule has 0 spiro atoms. The summed E-state index contributed by atoms with van der Waals surface area (Å²) in [5.41, 5.74) is 0.915. The molecule has 0 atom stereocenters. The van der Waals surface area contributed by atoms with E-state index >= 15 is 0 Å². The lowest BCUT2D eigenvalue weighted by atomic mass is 10.1. The predicted octanol–water partition coefficient (Wildman–Crippen LogP) is 3.44. The molecule has 4 rings (SSSR count). The average molecular weight is 373 g/mol. The smallest absolute Gasteiger partial charge is 0.274 e. The number of amides is 1. The van der Waals surface area contributed by atoms with Crippen LogP contribution in [0.25, 0.3) is 0 Å². The molecule has 1 N–H and O–H groups in total. The molecule has 8 nitrogen and oxygen atoms in total. The minimum atomic E-state index is -0.447. The molecule has 1 heterocycles. The van der Waals surface area contributed by atoms with Crippen LogP contribution in [-0.4, -0.2) is 31.3 Å². The van der Waals surface area contributed by atoms with Crippen LogP contribution < -0.4 is 5.32 Å². The number of carbonyl (C=O) groups excluding carboxylic acids is 1. The van der Waals surface area contributed by atoms with Crippen molar-refractivity contribution in [3.05, 3.63) is 39.7 Å². The Morgan fingerprint density at radius 3 is 2.77 bits per heavy atom. The van der Waals surface area contributed by atoms with Gasteiger partial charge in [0.25, 0.3) is 5.69 Å². The minimum absolute atomic E-state index is 0.00185. The van der Waals surface area contributed by atoms with Crippen molar-refractivity contribution in [2.45, 2.75) is 49.7 Å². The highest BCUT2D eigenvalue weighted by molar-refractivity contribution is 7.99. The largest absolute Gasteiger partial charge is 0.325 e. The van der Waals surface area contributed by atoms with E-state index in [0.29, 0.717) is 23.2 Å². The molecule has 2 fully saturated rings. The van der Waals surface area contributed by atoms with E-state index in [0.717, 1.165) is 23.8 Å². The van der Waals surface area contributed by atoms with Gasteiger partial charge in [-0.2, -0.15) is 0 Å². The third-order valence-electron chi connectivity index (χ3n) is 4.65. The van der Waals surface area contributed by atoms with E-state index in [4.69, 9.17) is 0 Å². The number of nitro benzene ring substituents is 1. The van der Waals surface area contributed by atoms with Gasteiger partial charge in [0.15, 0.2) is 5.16 Å². The summed E-state index contributed by atoms with van der Waals surface area (Å²) < 4.78 is 2.20. The normalized spacial score (nSPS) is 16.5. The lowest BCUT2D eigenvalue weighted by Gasteiger charge is -2.10. The number of hydrogen-bond acceptors (Lipinski definition) is 6. The highest BCUT2D eigenvalue weighted by atomic mass is 32.2. The highest BCUT2D eigenvalue weighted by Gasteiger charge is 2.36. The second-order valence-corrected chi connectivity index (χ2v) is 7.70. The highest BCUT2D eigenvalue weighted by Crippen LogP contribution is 2.46. The van der Waals surface area contributed by atoms with E-state index in [1.54, 1.807) is 19.1 Å². The lowest BCUT2D eigenvalue weighted by Crippen LogP contribution is -2.16. The van der Waals surface area contributed by atoms with Gasteiger partial charge in [0.2, 0.25) is 5.91 Å². The fourth-order valence-electron chi connectivity index (χ4n) is 2.96. The Morgan fingerprint density at radius 1 is 1.35 bits per heavy atom. The summed E-state index contributed by atoms with van der Waals surface area (Å²) in [7, 11) is 0. The molecular weight excluding hydrogens is 354 g/mol. The molecule has 9 heteroatoms. The van der Waals surface area contributed by atoms with Crippen LogP contribution in [0, 0.1) is 17.0 Å². The molecular formula is C17H19N5O3S. The maximum atomic E-state index is 12.3. The first-order valence-electron chi connectivity index (χ1n) is 8.66. The summed E-state index contributed by atoms with van der Waals surface area (Å²) in [6.07, 6.45) is 4.62. The second kappa shape index (κ2) is 6.71. The Bertz CT molecular complexity index is 873. The third kappa shape index (κ3) is 3.44. The fourth-order valence-corrected chi connectivity index (χ4v) is 3.77. The number of hydrogen-bond donors (Lipinski definition) is 1. The quantitative estimate of drug-likeness (QED) is 0.453. The topological polar surface area (TPSA) is 103 Å². The van der Waals surface area contributed by atoms with Crippen molar-refractivity contribution in [1.82, 2.24) is 14.8 Å². The number of aromatic nitrogens is 3. The van der Waals surface area contributed by atoms with Crippen molar-refractivity contribution in [3.8, 4) is 0 Å². The monoisotopic (exact) mass is 373 g/mol. The Labute approximate surface area is 154 Å². The van der Waals surface area contributed by atoms with E-state index in [2.05, 4.69) is 20.1 Å². The van der Waals surface area contributed by atoms with Crippen LogP contribution in [0.1, 0.15) is 49.0 Å². The van der Waals surface area contributed by atoms with Crippen LogP contribution in [0.5, 0.6) is 0 Å². The first kappa shape index (κ1) is 17.0. The molecule has 2 aliphatic rings. The zero-order chi connectivity index (χ0) is 18.3. The van der Waals surface area contributed by atoms with Gasteiger partial charge in [-0.05, 0) is 38.7 Å². The van der Waals surface area contributed by atoms with Crippen molar-refractivity contribution in [2.75, 3.05) is 11.1 Å². The van der Waals surface area contributed by atoms with Gasteiger partial charge in [-0.15, -0.1) is 10.2 Å². The summed E-state index contributed by atoms with van der Waals surface area (Å²) in [6.45, 7) is 1.63. The summed E-state index contributed by atoms with van der Waals surface area (Å²) in [4.78, 5) is 22.9. The van der Waals surface area contributed by atoms with Gasteiger partial charge in [0.05, 0.1) is 21.9 Å². The summed E-state index contributed by atoms with van der Waals surface area (Å²) in [5, 5.41) is 23.2. The number of nitro groups is 1. The van der Waals surface area contributed by atoms with Crippen LogP contribution in [0.4, 0.5) is 11.4 Å². The van der Waals surface area contributed by atoms with Crippen LogP contribution in [-0.2, 0) is 4.79 Å². The van der Waals surface area contributed by atoms with Crippen LogP contribution in [0.15, 0.2) is 23.4 Å². The number of carbonyl (C=O) groups is 1. The molecule has 0 saturated heterocycles. The first-order valence-corrected chi connectivity index (χ1v) is 9.64. The van der Waals surface area contributed by atoms with Crippen LogP contribution in [0.2, 0.25) is 0 Å². The lowest BCUT2D eigenvalue weighted by molar-refractivity contribution is -0.385. The standard InChI is InChI=1S/C17H19N5O3S/c1-10-13(3-2-4-14(10)22(24)25)18-15(23)9-26-17-20-19-16(11-5-6-11)21(17)12-7-8-12/h2-4,11-12H,5-9H2,1H3,(H,18,23). The molecule has 0 bridgehead atoms. The number of anilines is 1. The van der Waals surface area contributed by atoms with Gasteiger partial charge in [-0.3, -0.25) is 14.9 Å². The number of thioether (sulfide) groups is 1. The Morgan fingerprint density at radius 2 is 2.12 bits per heavy atom. The number of rotatable bonds is 7. The van der Waals surface area contributed by atoms with Gasteiger partial charge >= 0.3 is 0 Å². The first-order chi connectivity index (χ1) is 12.5. The zero-order valence-corrected chi connectivity index (χ0v) is 15.2. The maximum absolute atomic E-state index is 12.3. The minimum Gasteiger partial charge on any atom is -0.325 e. The van der Waals surface area contributed by atoms with Crippen molar-refractivity contribution in [2.24, 2.45) is 0 Å².